The minimum atomic E-state index is -0.367. The van der Waals surface area contributed by atoms with Crippen LogP contribution in [0.4, 0.5) is 0 Å². The van der Waals surface area contributed by atoms with Crippen molar-refractivity contribution >= 4 is 32.8 Å². The number of benzene rings is 1. The third-order valence-corrected chi connectivity index (χ3v) is 5.37. The number of amides is 1. The lowest BCUT2D eigenvalue weighted by molar-refractivity contribution is 0.0597. The van der Waals surface area contributed by atoms with Gasteiger partial charge in [-0.3, -0.25) is 9.69 Å². The summed E-state index contributed by atoms with van der Waals surface area (Å²) in [6, 6.07) is 10.4. The monoisotopic (exact) mass is 460 g/mol. The molecule has 7 nitrogen and oxygen atoms in total. The molecule has 0 radical (unpaired) electrons. The Morgan fingerprint density at radius 1 is 1.10 bits per heavy atom. The van der Waals surface area contributed by atoms with Gasteiger partial charge in [0.1, 0.15) is 11.3 Å². The number of rotatable bonds is 5. The summed E-state index contributed by atoms with van der Waals surface area (Å²) in [5.41, 5.74) is 1.08. The van der Waals surface area contributed by atoms with E-state index in [0.717, 1.165) is 16.7 Å². The fourth-order valence-electron chi connectivity index (χ4n) is 3.53. The third-order valence-electron chi connectivity index (χ3n) is 4.95. The Morgan fingerprint density at radius 2 is 1.90 bits per heavy atom. The molecule has 8 heteroatoms. The molecule has 0 spiro atoms. The summed E-state index contributed by atoms with van der Waals surface area (Å²) in [5.74, 6) is 0.970. The zero-order chi connectivity index (χ0) is 20.4. The van der Waals surface area contributed by atoms with Crippen molar-refractivity contribution in [3.8, 4) is 5.75 Å². The molecular formula is C21H21BrN2O5. The van der Waals surface area contributed by atoms with Crippen LogP contribution in [-0.4, -0.2) is 48.5 Å². The predicted molar refractivity (Wildman–Crippen MR) is 111 cm³/mol. The molecule has 1 amide bonds. The maximum absolute atomic E-state index is 12.5. The number of ether oxygens (including phenoxy) is 1. The van der Waals surface area contributed by atoms with Gasteiger partial charge in [0, 0.05) is 44.2 Å². The number of hydrogen-bond donors (Lipinski definition) is 0. The van der Waals surface area contributed by atoms with Gasteiger partial charge in [-0.1, -0.05) is 0 Å². The van der Waals surface area contributed by atoms with Crippen LogP contribution < -0.4 is 10.4 Å². The van der Waals surface area contributed by atoms with Gasteiger partial charge in [-0.15, -0.1) is 0 Å². The van der Waals surface area contributed by atoms with Crippen LogP contribution in [0.3, 0.4) is 0 Å². The number of carbonyl (C=O) groups is 1. The van der Waals surface area contributed by atoms with Crippen molar-refractivity contribution in [1.29, 1.82) is 0 Å². The number of furan rings is 1. The van der Waals surface area contributed by atoms with Crippen LogP contribution in [0.15, 0.2) is 54.7 Å². The summed E-state index contributed by atoms with van der Waals surface area (Å²) in [4.78, 5) is 28.5. The van der Waals surface area contributed by atoms with Crippen LogP contribution >= 0.6 is 15.9 Å². The minimum absolute atomic E-state index is 0.109. The molecule has 1 saturated heterocycles. The third kappa shape index (κ3) is 4.38. The molecule has 3 aromatic rings. The number of nitrogens with zero attached hydrogens (tertiary/aromatic N) is 2. The van der Waals surface area contributed by atoms with Crippen molar-refractivity contribution < 1.29 is 18.4 Å². The van der Waals surface area contributed by atoms with Gasteiger partial charge >= 0.3 is 5.63 Å². The largest absolute Gasteiger partial charge is 0.494 e. The lowest BCUT2D eigenvalue weighted by Gasteiger charge is -2.34. The topological polar surface area (TPSA) is 76.1 Å². The Hall–Kier alpha value is -2.58. The Labute approximate surface area is 176 Å². The molecule has 152 valence electrons. The van der Waals surface area contributed by atoms with Gasteiger partial charge in [0.25, 0.3) is 5.91 Å². The normalized spacial score (nSPS) is 15.0. The molecule has 0 bridgehead atoms. The molecule has 1 aliphatic rings. The van der Waals surface area contributed by atoms with Gasteiger partial charge in [0.05, 0.1) is 6.61 Å². The number of piperazine rings is 1. The second kappa shape index (κ2) is 8.42. The van der Waals surface area contributed by atoms with Gasteiger partial charge in [-0.05, 0) is 58.7 Å². The quantitative estimate of drug-likeness (QED) is 0.542. The second-order valence-corrected chi connectivity index (χ2v) is 7.64. The Morgan fingerprint density at radius 3 is 2.59 bits per heavy atom. The van der Waals surface area contributed by atoms with E-state index in [9.17, 15) is 9.59 Å². The van der Waals surface area contributed by atoms with Gasteiger partial charge in [-0.2, -0.15) is 0 Å². The average molecular weight is 461 g/mol. The van der Waals surface area contributed by atoms with Crippen LogP contribution in [0.1, 0.15) is 23.0 Å². The van der Waals surface area contributed by atoms with Gasteiger partial charge in [0.15, 0.2) is 10.4 Å². The number of carbonyl (C=O) groups excluding carboxylic acids is 1. The Bertz CT molecular complexity index is 1080. The Kier molecular flexibility index (Phi) is 5.73. The summed E-state index contributed by atoms with van der Waals surface area (Å²) in [6.07, 6.45) is 0. The Balaban J connectivity index is 1.47. The lowest BCUT2D eigenvalue weighted by Crippen LogP contribution is -2.48. The first kappa shape index (κ1) is 19.7. The van der Waals surface area contributed by atoms with Crippen LogP contribution in [0, 0.1) is 0 Å². The molecule has 0 N–H and O–H groups in total. The molecule has 1 aliphatic heterocycles. The standard InChI is InChI=1S/C21H21BrN2O5/c1-2-27-15-3-4-17-16(12-15)14(11-20(25)29-17)13-23-7-9-24(10-8-23)21(26)18-5-6-19(22)28-18/h3-6,11-12H,2,7-10,13H2,1H3. The maximum atomic E-state index is 12.5. The van der Waals surface area contributed by atoms with Crippen molar-refractivity contribution in [3.63, 3.8) is 0 Å². The molecule has 1 aromatic carbocycles. The summed E-state index contributed by atoms with van der Waals surface area (Å²) >= 11 is 3.22. The number of hydrogen-bond acceptors (Lipinski definition) is 6. The number of halogens is 1. The van der Waals surface area contributed by atoms with Crippen molar-refractivity contribution in [2.45, 2.75) is 13.5 Å². The van der Waals surface area contributed by atoms with Crippen molar-refractivity contribution in [3.05, 3.63) is 62.8 Å². The number of fused-ring (bicyclic) bond motifs is 1. The predicted octanol–water partition coefficient (Wildman–Crippen LogP) is 3.51. The molecule has 0 unspecified atom stereocenters. The highest BCUT2D eigenvalue weighted by atomic mass is 79.9. The first-order valence-corrected chi connectivity index (χ1v) is 10.3. The van der Waals surface area contributed by atoms with Crippen molar-refractivity contribution in [2.24, 2.45) is 0 Å². The second-order valence-electron chi connectivity index (χ2n) is 6.85. The zero-order valence-electron chi connectivity index (χ0n) is 16.0. The van der Waals surface area contributed by atoms with E-state index >= 15 is 0 Å². The lowest BCUT2D eigenvalue weighted by atomic mass is 10.1. The van der Waals surface area contributed by atoms with E-state index in [1.54, 1.807) is 29.2 Å². The molecule has 0 aliphatic carbocycles. The van der Waals surface area contributed by atoms with E-state index in [0.29, 0.717) is 55.3 Å². The van der Waals surface area contributed by atoms with Crippen molar-refractivity contribution in [1.82, 2.24) is 9.80 Å². The molecule has 4 rings (SSSR count). The highest BCUT2D eigenvalue weighted by molar-refractivity contribution is 9.10. The van der Waals surface area contributed by atoms with E-state index < -0.39 is 0 Å². The molecule has 0 atom stereocenters. The fraction of sp³-hybridized carbons (Fsp3) is 0.333. The average Bonchev–Trinajstić information content (AvgIpc) is 3.15. The van der Waals surface area contributed by atoms with Gasteiger partial charge in [-0.25, -0.2) is 4.79 Å². The van der Waals surface area contributed by atoms with E-state index in [1.807, 2.05) is 13.0 Å². The van der Waals surface area contributed by atoms with Gasteiger partial charge < -0.3 is 18.5 Å². The molecule has 3 heterocycles. The first-order chi connectivity index (χ1) is 14.0. The molecular weight excluding hydrogens is 440 g/mol. The molecule has 2 aromatic heterocycles. The molecule has 29 heavy (non-hydrogen) atoms. The summed E-state index contributed by atoms with van der Waals surface area (Å²) < 4.78 is 16.8. The van der Waals surface area contributed by atoms with E-state index in [1.165, 1.54) is 6.07 Å². The smallest absolute Gasteiger partial charge is 0.336 e. The first-order valence-electron chi connectivity index (χ1n) is 9.50. The van der Waals surface area contributed by atoms with Gasteiger partial charge in [0.2, 0.25) is 0 Å². The van der Waals surface area contributed by atoms with E-state index in [2.05, 4.69) is 20.8 Å². The maximum Gasteiger partial charge on any atom is 0.336 e. The SMILES string of the molecule is CCOc1ccc2oc(=O)cc(CN3CCN(C(=O)c4ccc(Br)o4)CC3)c2c1. The minimum Gasteiger partial charge on any atom is -0.494 e. The highest BCUT2D eigenvalue weighted by Gasteiger charge is 2.24. The summed E-state index contributed by atoms with van der Waals surface area (Å²) in [7, 11) is 0. The summed E-state index contributed by atoms with van der Waals surface area (Å²) in [6.45, 7) is 5.71. The highest BCUT2D eigenvalue weighted by Crippen LogP contribution is 2.24. The van der Waals surface area contributed by atoms with E-state index in [4.69, 9.17) is 13.6 Å². The fourth-order valence-corrected chi connectivity index (χ4v) is 3.84. The zero-order valence-corrected chi connectivity index (χ0v) is 17.6. The van der Waals surface area contributed by atoms with E-state index in [-0.39, 0.29) is 11.5 Å². The molecule has 1 fully saturated rings. The van der Waals surface area contributed by atoms with Crippen LogP contribution in [-0.2, 0) is 6.54 Å². The van der Waals surface area contributed by atoms with Crippen molar-refractivity contribution in [2.75, 3.05) is 32.8 Å². The van der Waals surface area contributed by atoms with Crippen LogP contribution in [0.5, 0.6) is 5.75 Å². The van der Waals surface area contributed by atoms with Crippen LogP contribution in [0.25, 0.3) is 11.0 Å². The summed E-state index contributed by atoms with van der Waals surface area (Å²) in [5, 5.41) is 0.870. The van der Waals surface area contributed by atoms with Crippen LogP contribution in [0.2, 0.25) is 0 Å². The molecule has 0 saturated carbocycles.